The minimum Gasteiger partial charge on any atom is -0.478 e. The van der Waals surface area contributed by atoms with Crippen LogP contribution in [-0.4, -0.2) is 65.2 Å². The van der Waals surface area contributed by atoms with Crippen molar-refractivity contribution in [3.63, 3.8) is 0 Å². The fraction of sp³-hybridized carbons (Fsp3) is 0.458. The quantitative estimate of drug-likeness (QED) is 0.0432. The first-order valence-corrected chi connectivity index (χ1v) is 25.5. The highest BCUT2D eigenvalue weighted by atomic mass is 32.2. The predicted octanol–water partition coefficient (Wildman–Crippen LogP) is 11.0. The Kier molecular flexibility index (Phi) is 24.6. The summed E-state index contributed by atoms with van der Waals surface area (Å²) in [4.78, 5) is 26.9. The number of rotatable bonds is 26. The van der Waals surface area contributed by atoms with Crippen molar-refractivity contribution in [1.29, 1.82) is 0 Å². The second-order valence-electron chi connectivity index (χ2n) is 15.0. The van der Waals surface area contributed by atoms with E-state index in [0.717, 1.165) is 89.2 Å². The van der Waals surface area contributed by atoms with Gasteiger partial charge in [-0.1, -0.05) is 129 Å². The molecular weight excluding hydrogens is 857 g/mol. The molecule has 14 nitrogen and oxygen atoms in total. The molecule has 0 unspecified atom stereocenters. The maximum absolute atomic E-state index is 12.4. The van der Waals surface area contributed by atoms with Crippen LogP contribution < -0.4 is 29.6 Å². The number of primary sulfonamides is 2. The Morgan fingerprint density at radius 1 is 0.500 bits per heavy atom. The molecule has 6 N–H and O–H groups in total. The van der Waals surface area contributed by atoms with Gasteiger partial charge in [-0.25, -0.2) is 36.7 Å². The highest BCUT2D eigenvalue weighted by molar-refractivity contribution is 7.89. The lowest BCUT2D eigenvalue weighted by Gasteiger charge is -2.28. The summed E-state index contributed by atoms with van der Waals surface area (Å²) in [6, 6.07) is 22.7. The van der Waals surface area contributed by atoms with E-state index in [1.807, 2.05) is 35.8 Å². The molecule has 0 aromatic heterocycles. The van der Waals surface area contributed by atoms with Gasteiger partial charge in [0.1, 0.15) is 21.3 Å². The van der Waals surface area contributed by atoms with E-state index in [1.54, 1.807) is 48.5 Å². The number of carboxylic acid groups (broad SMARTS) is 2. The van der Waals surface area contributed by atoms with Crippen molar-refractivity contribution in [2.75, 3.05) is 36.0 Å². The normalized spacial score (nSPS) is 11.1. The average molecular weight is 927 g/mol. The maximum Gasteiger partial charge on any atom is 0.335 e. The summed E-state index contributed by atoms with van der Waals surface area (Å²) in [7, 11) is -8.46. The van der Waals surface area contributed by atoms with Gasteiger partial charge in [0.25, 0.3) is 0 Å². The number of unbranched alkanes of at least 4 members (excludes halogenated alkanes) is 8. The summed E-state index contributed by atoms with van der Waals surface area (Å²) < 4.78 is 61.6. The summed E-state index contributed by atoms with van der Waals surface area (Å²) in [5.74, 6) is -1.44. The maximum atomic E-state index is 12.4. The van der Waals surface area contributed by atoms with Crippen molar-refractivity contribution in [3.8, 4) is 23.0 Å². The van der Waals surface area contributed by atoms with E-state index in [4.69, 9.17) is 19.8 Å². The third-order valence-electron chi connectivity index (χ3n) is 9.91. The Bertz CT molecular complexity index is 2230. The fourth-order valence-corrected chi connectivity index (χ4v) is 8.01. The number of hydrogen-bond acceptors (Lipinski definition) is 10. The molecule has 0 spiro atoms. The molecule has 0 atom stereocenters. The zero-order valence-corrected chi connectivity index (χ0v) is 40.1. The lowest BCUT2D eigenvalue weighted by atomic mass is 10.1. The number of aromatic carboxylic acids is 2. The lowest BCUT2D eigenvalue weighted by molar-refractivity contribution is 0.0685. The molecule has 0 fully saturated rings. The van der Waals surface area contributed by atoms with Gasteiger partial charge in [-0.05, 0) is 74.2 Å². The first kappa shape index (κ1) is 55.0. The largest absolute Gasteiger partial charge is 0.478 e. The van der Waals surface area contributed by atoms with Gasteiger partial charge < -0.3 is 29.5 Å². The van der Waals surface area contributed by atoms with E-state index in [0.29, 0.717) is 49.1 Å². The van der Waals surface area contributed by atoms with Crippen LogP contribution in [0.15, 0.2) is 94.7 Å². The molecule has 64 heavy (non-hydrogen) atoms. The van der Waals surface area contributed by atoms with Gasteiger partial charge >= 0.3 is 11.9 Å². The van der Waals surface area contributed by atoms with Crippen molar-refractivity contribution in [3.05, 3.63) is 96.1 Å². The second-order valence-corrected chi connectivity index (χ2v) is 18.0. The van der Waals surface area contributed by atoms with Crippen LogP contribution in [0.3, 0.4) is 0 Å². The summed E-state index contributed by atoms with van der Waals surface area (Å²) in [6.07, 6.45) is 11.9. The smallest absolute Gasteiger partial charge is 0.335 e. The van der Waals surface area contributed by atoms with Crippen LogP contribution in [0.2, 0.25) is 0 Å². The number of anilines is 2. The van der Waals surface area contributed by atoms with Crippen molar-refractivity contribution < 1.29 is 46.1 Å². The van der Waals surface area contributed by atoms with E-state index in [9.17, 15) is 36.6 Å². The van der Waals surface area contributed by atoms with Crippen LogP contribution in [0.4, 0.5) is 11.4 Å². The SMILES string of the molecule is CC.CCCCCCN(CCCC)c1cc(C(=O)O)cc(S(N)(=O)=O)c1Oc1ccccc1.CCCCCN(CCCCC)c1cc(C(=O)O)cc(S(N)(=O)=O)c1Oc1ccccc1. The Labute approximate surface area is 381 Å². The third-order valence-corrected chi connectivity index (χ3v) is 11.7. The first-order valence-electron chi connectivity index (χ1n) is 22.4. The zero-order valence-electron chi connectivity index (χ0n) is 38.4. The molecule has 0 aliphatic rings. The van der Waals surface area contributed by atoms with Gasteiger partial charge in [-0.15, -0.1) is 0 Å². The Morgan fingerprint density at radius 3 is 1.12 bits per heavy atom. The van der Waals surface area contributed by atoms with Crippen LogP contribution in [-0.2, 0) is 20.0 Å². The molecule has 0 saturated heterocycles. The molecule has 0 radical (unpaired) electrons. The van der Waals surface area contributed by atoms with E-state index in [2.05, 4.69) is 27.7 Å². The molecular formula is C48H70N4O10S2. The summed E-state index contributed by atoms with van der Waals surface area (Å²) in [5.41, 5.74) is 0.572. The molecule has 0 aliphatic carbocycles. The van der Waals surface area contributed by atoms with Gasteiger partial charge in [0.15, 0.2) is 11.5 Å². The Hall–Kier alpha value is -5.16. The zero-order chi connectivity index (χ0) is 47.7. The molecule has 4 aromatic rings. The number of sulfonamides is 2. The van der Waals surface area contributed by atoms with Crippen LogP contribution in [0.1, 0.15) is 139 Å². The number of ether oxygens (including phenoxy) is 2. The van der Waals surface area contributed by atoms with E-state index in [1.165, 1.54) is 12.1 Å². The lowest BCUT2D eigenvalue weighted by Crippen LogP contribution is -2.27. The molecule has 16 heteroatoms. The second kappa shape index (κ2) is 28.6. The van der Waals surface area contributed by atoms with Crippen LogP contribution >= 0.6 is 0 Å². The minimum absolute atomic E-state index is 0.0605. The highest BCUT2D eigenvalue weighted by Gasteiger charge is 2.28. The highest BCUT2D eigenvalue weighted by Crippen LogP contribution is 2.41. The number of nitrogens with zero attached hydrogens (tertiary/aromatic N) is 2. The van der Waals surface area contributed by atoms with Crippen LogP contribution in [0, 0.1) is 0 Å². The predicted molar refractivity (Wildman–Crippen MR) is 256 cm³/mol. The summed E-state index contributed by atoms with van der Waals surface area (Å²) in [5, 5.41) is 30.1. The number of para-hydroxylation sites is 2. The van der Waals surface area contributed by atoms with Crippen molar-refractivity contribution in [1.82, 2.24) is 0 Å². The summed E-state index contributed by atoms with van der Waals surface area (Å²) >= 11 is 0. The number of carbonyl (C=O) groups is 2. The van der Waals surface area contributed by atoms with Crippen LogP contribution in [0.5, 0.6) is 23.0 Å². The van der Waals surface area contributed by atoms with Crippen LogP contribution in [0.25, 0.3) is 0 Å². The number of hydrogen-bond donors (Lipinski definition) is 4. The van der Waals surface area contributed by atoms with Gasteiger partial charge in [0, 0.05) is 26.2 Å². The van der Waals surface area contributed by atoms with E-state index >= 15 is 0 Å². The first-order chi connectivity index (χ1) is 30.5. The van der Waals surface area contributed by atoms with Gasteiger partial charge in [0.05, 0.1) is 22.5 Å². The molecule has 0 aliphatic heterocycles. The minimum atomic E-state index is -4.23. The average Bonchev–Trinajstić information content (AvgIpc) is 3.26. The molecule has 0 bridgehead atoms. The van der Waals surface area contributed by atoms with Gasteiger partial charge in [-0.3, -0.25) is 0 Å². The molecule has 0 heterocycles. The van der Waals surface area contributed by atoms with Crippen molar-refractivity contribution in [2.24, 2.45) is 10.3 Å². The molecule has 0 saturated carbocycles. The van der Waals surface area contributed by atoms with E-state index in [-0.39, 0.29) is 32.4 Å². The van der Waals surface area contributed by atoms with Crippen molar-refractivity contribution >= 4 is 43.4 Å². The number of carboxylic acids is 2. The fourth-order valence-electron chi connectivity index (χ4n) is 6.62. The summed E-state index contributed by atoms with van der Waals surface area (Å²) in [6.45, 7) is 15.1. The molecule has 0 amide bonds. The number of benzene rings is 4. The standard InChI is InChI=1S/2C23H32N2O5S.C2H6/c1-3-5-10-14-25(15-11-6-4-2)20-16-18(23(26)27)17-21(31(24,28)29)22(20)30-19-12-8-7-9-13-19;1-3-5-7-11-15-25(14-6-4-2)20-16-18(23(26)27)17-21(31(24,28)29)22(20)30-19-12-9-8-10-13-19;1-2/h7-9,12-13,16-17H,3-6,10-11,14-15H2,1-2H3,(H,26,27)(H2,24,28,29);8-10,12-13,16-17H,3-7,11,14-15H2,1-2H3,(H,26,27)(H2,24,28,29);1-2H3. The topological polar surface area (TPSA) is 220 Å². The van der Waals surface area contributed by atoms with E-state index < -0.39 is 32.0 Å². The van der Waals surface area contributed by atoms with Crippen molar-refractivity contribution in [2.45, 2.75) is 128 Å². The molecule has 4 rings (SSSR count). The third kappa shape index (κ3) is 18.1. The molecule has 354 valence electrons. The number of nitrogens with two attached hydrogens (primary N) is 2. The Morgan fingerprint density at radius 2 is 0.812 bits per heavy atom. The van der Waals surface area contributed by atoms with Gasteiger partial charge in [0.2, 0.25) is 20.0 Å². The molecule has 4 aromatic carbocycles. The monoisotopic (exact) mass is 926 g/mol. The Balaban J connectivity index is 0.000000424. The van der Waals surface area contributed by atoms with Gasteiger partial charge in [-0.2, -0.15) is 0 Å².